The van der Waals surface area contributed by atoms with E-state index in [1.54, 1.807) is 0 Å². The summed E-state index contributed by atoms with van der Waals surface area (Å²) in [5.74, 6) is 1.54. The fourth-order valence-electron chi connectivity index (χ4n) is 1.66. The van der Waals surface area contributed by atoms with Gasteiger partial charge in [0.1, 0.15) is 5.75 Å². The van der Waals surface area contributed by atoms with Gasteiger partial charge in [-0.05, 0) is 37.6 Å². The van der Waals surface area contributed by atoms with E-state index in [0.29, 0.717) is 12.5 Å². The van der Waals surface area contributed by atoms with Crippen molar-refractivity contribution in [2.45, 2.75) is 33.7 Å². The number of hydrogen-bond donors (Lipinski definition) is 1. The highest BCUT2D eigenvalue weighted by atomic mass is 35.5. The van der Waals surface area contributed by atoms with Crippen molar-refractivity contribution in [1.29, 1.82) is 0 Å². The minimum absolute atomic E-state index is 0.631. The summed E-state index contributed by atoms with van der Waals surface area (Å²) in [5, 5.41) is 4.16. The van der Waals surface area contributed by atoms with E-state index in [4.69, 9.17) is 16.3 Å². The standard InChI is InChI=1S/C16H24ClNO/c1-12(2)7-8-19-16-6-5-15(17)9-14(16)11-18-10-13(3)4/h5-6,9,13,18H,1,7-8,10-11H2,2-4H3. The summed E-state index contributed by atoms with van der Waals surface area (Å²) in [7, 11) is 0. The Morgan fingerprint density at radius 2 is 2.16 bits per heavy atom. The van der Waals surface area contributed by atoms with Gasteiger partial charge in [0.2, 0.25) is 0 Å². The summed E-state index contributed by atoms with van der Waals surface area (Å²) < 4.78 is 5.80. The van der Waals surface area contributed by atoms with Crippen LogP contribution in [-0.4, -0.2) is 13.2 Å². The Bertz CT molecular complexity index is 415. The Kier molecular flexibility index (Phi) is 6.96. The highest BCUT2D eigenvalue weighted by molar-refractivity contribution is 6.30. The average Bonchev–Trinajstić information content (AvgIpc) is 2.31. The third kappa shape index (κ3) is 6.65. The molecular formula is C16H24ClNO. The van der Waals surface area contributed by atoms with E-state index in [0.717, 1.165) is 41.4 Å². The van der Waals surface area contributed by atoms with Gasteiger partial charge in [0.25, 0.3) is 0 Å². The summed E-state index contributed by atoms with van der Waals surface area (Å²) in [6.45, 7) is 12.7. The molecule has 1 aromatic carbocycles. The maximum atomic E-state index is 6.05. The Balaban J connectivity index is 2.60. The van der Waals surface area contributed by atoms with Crippen molar-refractivity contribution >= 4 is 11.6 Å². The van der Waals surface area contributed by atoms with E-state index in [9.17, 15) is 0 Å². The molecule has 0 aliphatic heterocycles. The molecule has 0 fully saturated rings. The van der Waals surface area contributed by atoms with Crippen LogP contribution in [0.15, 0.2) is 30.4 Å². The van der Waals surface area contributed by atoms with Crippen molar-refractivity contribution in [2.24, 2.45) is 5.92 Å². The lowest BCUT2D eigenvalue weighted by Gasteiger charge is -2.13. The molecule has 0 saturated carbocycles. The van der Waals surface area contributed by atoms with Crippen LogP contribution in [0, 0.1) is 5.92 Å². The zero-order chi connectivity index (χ0) is 14.3. The average molecular weight is 282 g/mol. The monoisotopic (exact) mass is 281 g/mol. The number of nitrogens with one attached hydrogen (secondary N) is 1. The Hall–Kier alpha value is -0.990. The second kappa shape index (κ2) is 8.23. The molecule has 0 atom stereocenters. The minimum Gasteiger partial charge on any atom is -0.493 e. The number of rotatable bonds is 8. The zero-order valence-electron chi connectivity index (χ0n) is 12.1. The van der Waals surface area contributed by atoms with Crippen LogP contribution in [0.5, 0.6) is 5.75 Å². The van der Waals surface area contributed by atoms with E-state index in [1.807, 2.05) is 25.1 Å². The molecule has 0 aliphatic rings. The molecular weight excluding hydrogens is 258 g/mol. The molecule has 1 N–H and O–H groups in total. The van der Waals surface area contributed by atoms with Crippen LogP contribution >= 0.6 is 11.6 Å². The van der Waals surface area contributed by atoms with Gasteiger partial charge in [-0.2, -0.15) is 0 Å². The molecule has 0 radical (unpaired) electrons. The van der Waals surface area contributed by atoms with Gasteiger partial charge < -0.3 is 10.1 Å². The first-order valence-electron chi connectivity index (χ1n) is 6.75. The van der Waals surface area contributed by atoms with Gasteiger partial charge in [0.05, 0.1) is 6.61 Å². The Morgan fingerprint density at radius 3 is 2.79 bits per heavy atom. The molecule has 0 bridgehead atoms. The highest BCUT2D eigenvalue weighted by Crippen LogP contribution is 2.23. The third-order valence-corrected chi connectivity index (χ3v) is 2.91. The number of hydrogen-bond acceptors (Lipinski definition) is 2. The van der Waals surface area contributed by atoms with E-state index in [1.165, 1.54) is 0 Å². The van der Waals surface area contributed by atoms with Crippen molar-refractivity contribution in [3.05, 3.63) is 40.9 Å². The van der Waals surface area contributed by atoms with Crippen LogP contribution in [0.25, 0.3) is 0 Å². The first-order chi connectivity index (χ1) is 8.99. The van der Waals surface area contributed by atoms with E-state index in [2.05, 4.69) is 25.7 Å². The summed E-state index contributed by atoms with van der Waals surface area (Å²) in [5.41, 5.74) is 2.24. The van der Waals surface area contributed by atoms with Gasteiger partial charge in [-0.15, -0.1) is 6.58 Å². The molecule has 0 amide bonds. The van der Waals surface area contributed by atoms with Gasteiger partial charge in [0.15, 0.2) is 0 Å². The first kappa shape index (κ1) is 16.1. The van der Waals surface area contributed by atoms with Crippen LogP contribution < -0.4 is 10.1 Å². The molecule has 0 heterocycles. The fourth-order valence-corrected chi connectivity index (χ4v) is 1.85. The van der Waals surface area contributed by atoms with Crippen LogP contribution in [0.3, 0.4) is 0 Å². The molecule has 0 aliphatic carbocycles. The van der Waals surface area contributed by atoms with E-state index < -0.39 is 0 Å². The van der Waals surface area contributed by atoms with Crippen molar-refractivity contribution in [3.63, 3.8) is 0 Å². The first-order valence-corrected chi connectivity index (χ1v) is 7.13. The molecule has 3 heteroatoms. The maximum Gasteiger partial charge on any atom is 0.123 e. The lowest BCUT2D eigenvalue weighted by molar-refractivity contribution is 0.317. The van der Waals surface area contributed by atoms with Crippen molar-refractivity contribution in [2.75, 3.05) is 13.2 Å². The quantitative estimate of drug-likeness (QED) is 0.712. The summed E-state index contributed by atoms with van der Waals surface area (Å²) in [6, 6.07) is 5.77. The molecule has 0 saturated heterocycles. The molecule has 1 aromatic rings. The molecule has 2 nitrogen and oxygen atoms in total. The smallest absolute Gasteiger partial charge is 0.123 e. The van der Waals surface area contributed by atoms with Gasteiger partial charge in [0, 0.05) is 23.6 Å². The lowest BCUT2D eigenvalue weighted by atomic mass is 10.1. The predicted molar refractivity (Wildman–Crippen MR) is 82.9 cm³/mol. The third-order valence-electron chi connectivity index (χ3n) is 2.68. The minimum atomic E-state index is 0.631. The van der Waals surface area contributed by atoms with Gasteiger partial charge in [-0.3, -0.25) is 0 Å². The second-order valence-corrected chi connectivity index (χ2v) is 5.77. The molecule has 106 valence electrons. The fraction of sp³-hybridized carbons (Fsp3) is 0.500. The normalized spacial score (nSPS) is 10.8. The van der Waals surface area contributed by atoms with Crippen LogP contribution in [0.4, 0.5) is 0 Å². The number of benzene rings is 1. The van der Waals surface area contributed by atoms with Crippen molar-refractivity contribution in [3.8, 4) is 5.75 Å². The summed E-state index contributed by atoms with van der Waals surface area (Å²) >= 11 is 6.05. The molecule has 0 unspecified atom stereocenters. The number of halogens is 1. The Labute approximate surface area is 121 Å². The largest absolute Gasteiger partial charge is 0.493 e. The second-order valence-electron chi connectivity index (χ2n) is 5.33. The highest BCUT2D eigenvalue weighted by Gasteiger charge is 2.05. The van der Waals surface area contributed by atoms with Crippen LogP contribution in [0.1, 0.15) is 32.8 Å². The van der Waals surface area contributed by atoms with Gasteiger partial charge >= 0.3 is 0 Å². The lowest BCUT2D eigenvalue weighted by Crippen LogP contribution is -2.19. The maximum absolute atomic E-state index is 6.05. The summed E-state index contributed by atoms with van der Waals surface area (Å²) in [6.07, 6.45) is 0.876. The Morgan fingerprint density at radius 1 is 1.42 bits per heavy atom. The molecule has 19 heavy (non-hydrogen) atoms. The van der Waals surface area contributed by atoms with E-state index in [-0.39, 0.29) is 0 Å². The van der Waals surface area contributed by atoms with Crippen LogP contribution in [-0.2, 0) is 6.54 Å². The van der Waals surface area contributed by atoms with Gasteiger partial charge in [-0.1, -0.05) is 31.0 Å². The SMILES string of the molecule is C=C(C)CCOc1ccc(Cl)cc1CNCC(C)C. The number of ether oxygens (including phenoxy) is 1. The van der Waals surface area contributed by atoms with Gasteiger partial charge in [-0.25, -0.2) is 0 Å². The molecule has 0 aromatic heterocycles. The van der Waals surface area contributed by atoms with Crippen molar-refractivity contribution in [1.82, 2.24) is 5.32 Å². The summed E-state index contributed by atoms with van der Waals surface area (Å²) in [4.78, 5) is 0. The van der Waals surface area contributed by atoms with E-state index >= 15 is 0 Å². The topological polar surface area (TPSA) is 21.3 Å². The molecule has 0 spiro atoms. The van der Waals surface area contributed by atoms with Crippen LogP contribution in [0.2, 0.25) is 5.02 Å². The van der Waals surface area contributed by atoms with Crippen molar-refractivity contribution < 1.29 is 4.74 Å². The predicted octanol–water partition coefficient (Wildman–Crippen LogP) is 4.43. The molecule has 1 rings (SSSR count). The zero-order valence-corrected chi connectivity index (χ0v) is 12.9.